The molecule has 39 heavy (non-hydrogen) atoms. The van der Waals surface area contributed by atoms with Gasteiger partial charge in [-0.2, -0.15) is 0 Å². The number of nitrogens with one attached hydrogen (secondary N) is 1. The monoisotopic (exact) mass is 559 g/mol. The molecule has 212 valence electrons. The summed E-state index contributed by atoms with van der Waals surface area (Å²) < 4.78 is 28.5. The Morgan fingerprint density at radius 1 is 1.05 bits per heavy atom. The first-order valence-corrected chi connectivity index (χ1v) is 14.3. The fourth-order valence-electron chi connectivity index (χ4n) is 6.12. The van der Waals surface area contributed by atoms with Crippen molar-refractivity contribution in [1.82, 2.24) is 15.1 Å². The van der Waals surface area contributed by atoms with Crippen LogP contribution in [-0.4, -0.2) is 59.9 Å². The summed E-state index contributed by atoms with van der Waals surface area (Å²) in [6.45, 7) is 12.8. The largest absolute Gasteiger partial charge is 0.356 e. The zero-order chi connectivity index (χ0) is 28.5. The summed E-state index contributed by atoms with van der Waals surface area (Å²) in [5.74, 6) is -1.54. The fraction of sp³-hybridized carbons (Fsp3) is 0.548. The Bertz CT molecular complexity index is 1210. The number of amides is 2. The Kier molecular flexibility index (Phi) is 9.01. The van der Waals surface area contributed by atoms with Gasteiger partial charge >= 0.3 is 0 Å². The Labute approximate surface area is 235 Å². The minimum absolute atomic E-state index is 0.0456. The number of hydrogen-bond donors (Lipinski definition) is 1. The summed E-state index contributed by atoms with van der Waals surface area (Å²) in [5, 5.41) is 3.57. The van der Waals surface area contributed by atoms with Gasteiger partial charge in [0.1, 0.15) is 11.6 Å². The van der Waals surface area contributed by atoms with Crippen LogP contribution in [0.5, 0.6) is 0 Å². The molecule has 2 aliphatic heterocycles. The quantitative estimate of drug-likeness (QED) is 0.467. The van der Waals surface area contributed by atoms with Gasteiger partial charge in [-0.05, 0) is 80.3 Å². The van der Waals surface area contributed by atoms with E-state index in [1.165, 1.54) is 24.6 Å². The van der Waals surface area contributed by atoms with Crippen LogP contribution in [0.4, 0.5) is 8.78 Å². The molecule has 2 fully saturated rings. The van der Waals surface area contributed by atoms with Crippen LogP contribution < -0.4 is 5.32 Å². The van der Waals surface area contributed by atoms with Gasteiger partial charge in [-0.1, -0.05) is 30.7 Å². The van der Waals surface area contributed by atoms with E-state index in [0.717, 1.165) is 24.5 Å². The zero-order valence-electron chi connectivity index (χ0n) is 23.6. The molecule has 2 aromatic rings. The van der Waals surface area contributed by atoms with Crippen molar-refractivity contribution in [2.75, 3.05) is 32.7 Å². The van der Waals surface area contributed by atoms with Crippen molar-refractivity contribution in [2.45, 2.75) is 70.8 Å². The molecule has 0 aromatic heterocycles. The molecule has 2 saturated heterocycles. The van der Waals surface area contributed by atoms with Crippen LogP contribution in [0.1, 0.15) is 81.9 Å². The third kappa shape index (κ3) is 6.80. The predicted octanol–water partition coefficient (Wildman–Crippen LogP) is 6.08. The SMILES string of the molecule is CC(=O)NCC(C)c1cc(Cl)ccc1C1CCN(C(=O)C2CN(C(C)(C)C)CC2c2ccc(F)cc2F)CC1. The number of nitrogens with zero attached hydrogens (tertiary/aromatic N) is 2. The molecule has 0 bridgehead atoms. The number of carbonyl (C=O) groups excluding carboxylic acids is 2. The van der Waals surface area contributed by atoms with E-state index in [1.54, 1.807) is 0 Å². The molecule has 1 N–H and O–H groups in total. The highest BCUT2D eigenvalue weighted by atomic mass is 35.5. The second-order valence-corrected chi connectivity index (χ2v) is 12.6. The average Bonchev–Trinajstić information content (AvgIpc) is 3.33. The Morgan fingerprint density at radius 3 is 2.33 bits per heavy atom. The maximum Gasteiger partial charge on any atom is 0.227 e. The lowest BCUT2D eigenvalue weighted by Crippen LogP contribution is -2.44. The number of piperidine rings is 1. The minimum Gasteiger partial charge on any atom is -0.356 e. The van der Waals surface area contributed by atoms with Gasteiger partial charge in [0.25, 0.3) is 0 Å². The number of hydrogen-bond acceptors (Lipinski definition) is 3. The Hall–Kier alpha value is -2.51. The van der Waals surface area contributed by atoms with Gasteiger partial charge < -0.3 is 10.2 Å². The summed E-state index contributed by atoms with van der Waals surface area (Å²) >= 11 is 6.34. The summed E-state index contributed by atoms with van der Waals surface area (Å²) in [6.07, 6.45) is 1.64. The predicted molar refractivity (Wildman–Crippen MR) is 151 cm³/mol. The van der Waals surface area contributed by atoms with Gasteiger partial charge in [-0.3, -0.25) is 14.5 Å². The third-order valence-electron chi connectivity index (χ3n) is 8.43. The molecule has 2 aromatic carbocycles. The van der Waals surface area contributed by atoms with Gasteiger partial charge in [0.15, 0.2) is 0 Å². The number of halogens is 3. The molecular formula is C31H40ClF2N3O2. The zero-order valence-corrected chi connectivity index (χ0v) is 24.3. The van der Waals surface area contributed by atoms with E-state index >= 15 is 0 Å². The molecule has 3 unspecified atom stereocenters. The standard InChI is InChI=1S/C31H40ClF2N3O2/c1-19(16-35-20(2)38)26-14-22(32)6-8-24(26)21-10-12-36(13-11-21)30(39)28-18-37(31(3,4)5)17-27(28)25-9-7-23(33)15-29(25)34/h6-9,14-15,19,21,27-28H,10-13,16-18H2,1-5H3,(H,35,38). The lowest BCUT2D eigenvalue weighted by Gasteiger charge is -2.36. The number of carbonyl (C=O) groups is 2. The molecule has 2 aliphatic rings. The number of likely N-dealkylation sites (tertiary alicyclic amines) is 2. The van der Waals surface area contributed by atoms with Crippen molar-refractivity contribution in [1.29, 1.82) is 0 Å². The first-order valence-electron chi connectivity index (χ1n) is 13.9. The van der Waals surface area contributed by atoms with E-state index in [4.69, 9.17) is 11.6 Å². The van der Waals surface area contributed by atoms with E-state index in [2.05, 4.69) is 44.0 Å². The molecule has 0 aliphatic carbocycles. The Morgan fingerprint density at radius 2 is 1.72 bits per heavy atom. The molecule has 5 nitrogen and oxygen atoms in total. The third-order valence-corrected chi connectivity index (χ3v) is 8.67. The van der Waals surface area contributed by atoms with Gasteiger partial charge in [0.2, 0.25) is 11.8 Å². The highest BCUT2D eigenvalue weighted by Crippen LogP contribution is 2.40. The van der Waals surface area contributed by atoms with Crippen molar-refractivity contribution in [3.05, 3.63) is 69.7 Å². The molecule has 8 heteroatoms. The normalized spacial score (nSPS) is 21.7. The summed E-state index contributed by atoms with van der Waals surface area (Å²) in [4.78, 5) is 29.5. The second kappa shape index (κ2) is 11.9. The average molecular weight is 560 g/mol. The summed E-state index contributed by atoms with van der Waals surface area (Å²) in [6, 6.07) is 9.67. The molecule has 2 amide bonds. The second-order valence-electron chi connectivity index (χ2n) is 12.2. The van der Waals surface area contributed by atoms with Gasteiger partial charge in [-0.15, -0.1) is 0 Å². The molecule has 0 radical (unpaired) electrons. The first kappa shape index (κ1) is 29.5. The number of rotatable bonds is 6. The van der Waals surface area contributed by atoms with Crippen molar-refractivity contribution in [2.24, 2.45) is 5.92 Å². The van der Waals surface area contributed by atoms with Crippen LogP contribution in [0.25, 0.3) is 0 Å². The van der Waals surface area contributed by atoms with E-state index in [0.29, 0.717) is 43.3 Å². The van der Waals surface area contributed by atoms with E-state index in [9.17, 15) is 18.4 Å². The van der Waals surface area contributed by atoms with Crippen molar-refractivity contribution in [3.8, 4) is 0 Å². The Balaban J connectivity index is 1.50. The van der Waals surface area contributed by atoms with Gasteiger partial charge in [0.05, 0.1) is 5.92 Å². The highest BCUT2D eigenvalue weighted by molar-refractivity contribution is 6.30. The first-order chi connectivity index (χ1) is 18.3. The van der Waals surface area contributed by atoms with E-state index in [-0.39, 0.29) is 41.0 Å². The maximum absolute atomic E-state index is 14.9. The van der Waals surface area contributed by atoms with E-state index in [1.807, 2.05) is 17.0 Å². The van der Waals surface area contributed by atoms with Crippen LogP contribution in [0.15, 0.2) is 36.4 Å². The topological polar surface area (TPSA) is 52.7 Å². The van der Waals surface area contributed by atoms with E-state index < -0.39 is 11.6 Å². The maximum atomic E-state index is 14.9. The van der Waals surface area contributed by atoms with Crippen LogP contribution in [0, 0.1) is 17.6 Å². The highest BCUT2D eigenvalue weighted by Gasteiger charge is 2.44. The smallest absolute Gasteiger partial charge is 0.227 e. The fourth-order valence-corrected chi connectivity index (χ4v) is 6.30. The lowest BCUT2D eigenvalue weighted by molar-refractivity contribution is -0.136. The van der Waals surface area contributed by atoms with Crippen LogP contribution in [0.3, 0.4) is 0 Å². The lowest BCUT2D eigenvalue weighted by atomic mass is 9.82. The van der Waals surface area contributed by atoms with Crippen LogP contribution in [0.2, 0.25) is 5.02 Å². The van der Waals surface area contributed by atoms with Crippen molar-refractivity contribution < 1.29 is 18.4 Å². The minimum atomic E-state index is -0.611. The van der Waals surface area contributed by atoms with Crippen molar-refractivity contribution >= 4 is 23.4 Å². The molecule has 2 heterocycles. The number of benzene rings is 2. The molecular weight excluding hydrogens is 520 g/mol. The molecule has 3 atom stereocenters. The van der Waals surface area contributed by atoms with Crippen molar-refractivity contribution in [3.63, 3.8) is 0 Å². The molecule has 4 rings (SSSR count). The van der Waals surface area contributed by atoms with Crippen LogP contribution >= 0.6 is 11.6 Å². The summed E-state index contributed by atoms with van der Waals surface area (Å²) in [7, 11) is 0. The molecule has 0 saturated carbocycles. The summed E-state index contributed by atoms with van der Waals surface area (Å²) in [5.41, 5.74) is 2.59. The van der Waals surface area contributed by atoms with Gasteiger partial charge in [0, 0.05) is 62.2 Å². The van der Waals surface area contributed by atoms with Gasteiger partial charge in [-0.25, -0.2) is 8.78 Å². The van der Waals surface area contributed by atoms with Crippen LogP contribution in [-0.2, 0) is 9.59 Å². The molecule has 0 spiro atoms.